The van der Waals surface area contributed by atoms with E-state index in [0.717, 1.165) is 5.75 Å². The quantitative estimate of drug-likeness (QED) is 0.911. The number of nitrogen functional groups attached to an aromatic ring is 1. The van der Waals surface area contributed by atoms with Gasteiger partial charge < -0.3 is 10.5 Å². The Kier molecular flexibility index (Phi) is 4.72. The molecule has 2 aromatic rings. The molecule has 0 saturated carbocycles. The highest BCUT2D eigenvalue weighted by molar-refractivity contribution is 5.46. The average Bonchev–Trinajstić information content (AvgIpc) is 2.48. The van der Waals surface area contributed by atoms with Crippen molar-refractivity contribution in [2.45, 2.75) is 26.2 Å². The fourth-order valence-electron chi connectivity index (χ4n) is 1.98. The fraction of sp³-hybridized carbons (Fsp3) is 0.312. The van der Waals surface area contributed by atoms with Crippen LogP contribution in [-0.2, 0) is 6.42 Å². The maximum absolute atomic E-state index is 8.78. The van der Waals surface area contributed by atoms with Crippen LogP contribution >= 0.6 is 0 Å². The first-order chi connectivity index (χ1) is 10.1. The van der Waals surface area contributed by atoms with Gasteiger partial charge in [-0.15, -0.1) is 0 Å². The zero-order chi connectivity index (χ0) is 15.2. The third-order valence-corrected chi connectivity index (χ3v) is 3.11. The van der Waals surface area contributed by atoms with E-state index < -0.39 is 0 Å². The monoisotopic (exact) mass is 282 g/mol. The highest BCUT2D eigenvalue weighted by Gasteiger charge is 2.08. The summed E-state index contributed by atoms with van der Waals surface area (Å²) < 4.78 is 5.81. The molecule has 0 aliphatic rings. The Bertz CT molecular complexity index is 662. The standard InChI is InChI=1S/C16H18N4O/c1-11(2)13-5-3-4-6-14(13)21-8-7-15-19-10-12(9-17)16(18)20-15/h3-6,10-11H,7-8H2,1-2H3,(H2,18,19,20). The van der Waals surface area contributed by atoms with E-state index in [1.54, 1.807) is 0 Å². The molecule has 0 unspecified atom stereocenters. The summed E-state index contributed by atoms with van der Waals surface area (Å²) in [5, 5.41) is 8.78. The molecular formula is C16H18N4O. The van der Waals surface area contributed by atoms with Gasteiger partial charge in [-0.1, -0.05) is 32.0 Å². The van der Waals surface area contributed by atoms with Crippen LogP contribution < -0.4 is 10.5 Å². The highest BCUT2D eigenvalue weighted by atomic mass is 16.5. The lowest BCUT2D eigenvalue weighted by atomic mass is 10.0. The van der Waals surface area contributed by atoms with Crippen LogP contribution in [0.5, 0.6) is 5.75 Å². The summed E-state index contributed by atoms with van der Waals surface area (Å²) in [6, 6.07) is 9.93. The van der Waals surface area contributed by atoms with Gasteiger partial charge in [0.25, 0.3) is 0 Å². The minimum Gasteiger partial charge on any atom is -0.493 e. The van der Waals surface area contributed by atoms with E-state index in [0.29, 0.717) is 30.3 Å². The average molecular weight is 282 g/mol. The lowest BCUT2D eigenvalue weighted by Crippen LogP contribution is -2.08. The summed E-state index contributed by atoms with van der Waals surface area (Å²) in [6.45, 7) is 4.73. The summed E-state index contributed by atoms with van der Waals surface area (Å²) in [4.78, 5) is 8.20. The number of hydrogen-bond acceptors (Lipinski definition) is 5. The van der Waals surface area contributed by atoms with E-state index in [9.17, 15) is 0 Å². The first kappa shape index (κ1) is 14.8. The van der Waals surface area contributed by atoms with Crippen molar-refractivity contribution in [2.24, 2.45) is 0 Å². The Morgan fingerprint density at radius 1 is 1.33 bits per heavy atom. The van der Waals surface area contributed by atoms with Gasteiger partial charge in [0.2, 0.25) is 0 Å². The minimum absolute atomic E-state index is 0.213. The smallest absolute Gasteiger partial charge is 0.145 e. The second-order valence-electron chi connectivity index (χ2n) is 4.99. The van der Waals surface area contributed by atoms with Gasteiger partial charge in [-0.2, -0.15) is 5.26 Å². The number of rotatable bonds is 5. The first-order valence-corrected chi connectivity index (χ1v) is 6.85. The lowest BCUT2D eigenvalue weighted by Gasteiger charge is -2.13. The zero-order valence-electron chi connectivity index (χ0n) is 12.2. The van der Waals surface area contributed by atoms with Gasteiger partial charge in [0.1, 0.15) is 29.0 Å². The maximum Gasteiger partial charge on any atom is 0.145 e. The Morgan fingerprint density at radius 2 is 2.10 bits per heavy atom. The third kappa shape index (κ3) is 3.69. The maximum atomic E-state index is 8.78. The summed E-state index contributed by atoms with van der Waals surface area (Å²) in [5.74, 6) is 2.08. The van der Waals surface area contributed by atoms with Gasteiger partial charge in [0, 0.05) is 6.42 Å². The molecule has 0 amide bonds. The molecule has 5 nitrogen and oxygen atoms in total. The van der Waals surface area contributed by atoms with Crippen molar-refractivity contribution >= 4 is 5.82 Å². The van der Waals surface area contributed by atoms with Crippen LogP contribution in [0.15, 0.2) is 30.5 Å². The van der Waals surface area contributed by atoms with E-state index in [-0.39, 0.29) is 5.82 Å². The molecule has 0 aliphatic heterocycles. The van der Waals surface area contributed by atoms with Crippen LogP contribution in [0.4, 0.5) is 5.82 Å². The van der Waals surface area contributed by atoms with Crippen molar-refractivity contribution in [3.63, 3.8) is 0 Å². The molecule has 1 aromatic carbocycles. The van der Waals surface area contributed by atoms with Crippen molar-refractivity contribution in [3.8, 4) is 11.8 Å². The van der Waals surface area contributed by atoms with E-state index >= 15 is 0 Å². The van der Waals surface area contributed by atoms with Crippen LogP contribution in [0.3, 0.4) is 0 Å². The van der Waals surface area contributed by atoms with Crippen LogP contribution in [-0.4, -0.2) is 16.6 Å². The van der Waals surface area contributed by atoms with Crippen molar-refractivity contribution in [1.82, 2.24) is 9.97 Å². The normalized spacial score (nSPS) is 10.4. The SMILES string of the molecule is CC(C)c1ccccc1OCCc1ncc(C#N)c(N)n1. The van der Waals surface area contributed by atoms with Crippen LogP contribution in [0.25, 0.3) is 0 Å². The van der Waals surface area contributed by atoms with Gasteiger partial charge in [-0.25, -0.2) is 9.97 Å². The number of hydrogen-bond donors (Lipinski definition) is 1. The predicted molar refractivity (Wildman–Crippen MR) is 80.9 cm³/mol. The molecule has 0 fully saturated rings. The summed E-state index contributed by atoms with van der Waals surface area (Å²) in [7, 11) is 0. The molecule has 0 saturated heterocycles. The number of nitriles is 1. The van der Waals surface area contributed by atoms with E-state index in [2.05, 4.69) is 29.9 Å². The number of nitrogens with zero attached hydrogens (tertiary/aromatic N) is 3. The highest BCUT2D eigenvalue weighted by Crippen LogP contribution is 2.25. The predicted octanol–water partition coefficient (Wildman–Crippen LogP) is 2.68. The van der Waals surface area contributed by atoms with Crippen molar-refractivity contribution in [2.75, 3.05) is 12.3 Å². The van der Waals surface area contributed by atoms with Crippen LogP contribution in [0, 0.1) is 11.3 Å². The van der Waals surface area contributed by atoms with Gasteiger partial charge >= 0.3 is 0 Å². The van der Waals surface area contributed by atoms with Gasteiger partial charge in [0.05, 0.1) is 12.8 Å². The molecule has 5 heteroatoms. The first-order valence-electron chi connectivity index (χ1n) is 6.85. The summed E-state index contributed by atoms with van der Waals surface area (Å²) in [6.07, 6.45) is 1.99. The van der Waals surface area contributed by atoms with Crippen LogP contribution in [0.1, 0.15) is 36.7 Å². The summed E-state index contributed by atoms with van der Waals surface area (Å²) >= 11 is 0. The fourth-order valence-corrected chi connectivity index (χ4v) is 1.98. The number of para-hydroxylation sites is 1. The molecule has 1 aromatic heterocycles. The molecule has 0 aliphatic carbocycles. The Morgan fingerprint density at radius 3 is 2.76 bits per heavy atom. The number of benzene rings is 1. The van der Waals surface area contributed by atoms with E-state index in [1.165, 1.54) is 11.8 Å². The molecule has 108 valence electrons. The third-order valence-electron chi connectivity index (χ3n) is 3.11. The molecule has 2 rings (SSSR count). The van der Waals surface area contributed by atoms with Crippen molar-refractivity contribution in [3.05, 3.63) is 47.4 Å². The van der Waals surface area contributed by atoms with E-state index in [1.807, 2.05) is 24.3 Å². The van der Waals surface area contributed by atoms with Crippen molar-refractivity contribution in [1.29, 1.82) is 5.26 Å². The largest absolute Gasteiger partial charge is 0.493 e. The van der Waals surface area contributed by atoms with Gasteiger partial charge in [-0.05, 0) is 17.5 Å². The Balaban J connectivity index is 1.99. The Labute approximate surface area is 124 Å². The number of aromatic nitrogens is 2. The minimum atomic E-state index is 0.213. The zero-order valence-corrected chi connectivity index (χ0v) is 12.2. The molecule has 0 radical (unpaired) electrons. The molecule has 2 N–H and O–H groups in total. The van der Waals surface area contributed by atoms with Gasteiger partial charge in [0.15, 0.2) is 0 Å². The molecular weight excluding hydrogens is 264 g/mol. The molecule has 0 bridgehead atoms. The summed E-state index contributed by atoms with van der Waals surface area (Å²) in [5.41, 5.74) is 7.14. The molecule has 0 atom stereocenters. The molecule has 0 spiro atoms. The number of anilines is 1. The topological polar surface area (TPSA) is 84.8 Å². The number of nitrogens with two attached hydrogens (primary N) is 1. The van der Waals surface area contributed by atoms with Crippen LogP contribution in [0.2, 0.25) is 0 Å². The van der Waals surface area contributed by atoms with Crippen molar-refractivity contribution < 1.29 is 4.74 Å². The molecule has 21 heavy (non-hydrogen) atoms. The Hall–Kier alpha value is -2.61. The second kappa shape index (κ2) is 6.71. The second-order valence-corrected chi connectivity index (χ2v) is 4.99. The lowest BCUT2D eigenvalue weighted by molar-refractivity contribution is 0.314. The number of ether oxygens (including phenoxy) is 1. The van der Waals surface area contributed by atoms with E-state index in [4.69, 9.17) is 15.7 Å². The van der Waals surface area contributed by atoms with Gasteiger partial charge in [-0.3, -0.25) is 0 Å². The molecule has 1 heterocycles.